The topological polar surface area (TPSA) is 132 Å². The Morgan fingerprint density at radius 3 is 2.89 bits per heavy atom. The van der Waals surface area contributed by atoms with Gasteiger partial charge in [-0.05, 0) is 42.0 Å². The number of hydrogen-bond acceptors (Lipinski definition) is 6. The molecule has 35 heavy (non-hydrogen) atoms. The van der Waals surface area contributed by atoms with Crippen molar-refractivity contribution in [3.63, 3.8) is 0 Å². The van der Waals surface area contributed by atoms with Gasteiger partial charge < -0.3 is 25.2 Å². The predicted molar refractivity (Wildman–Crippen MR) is 134 cm³/mol. The van der Waals surface area contributed by atoms with Crippen LogP contribution in [-0.4, -0.2) is 40.0 Å². The van der Waals surface area contributed by atoms with E-state index in [4.69, 9.17) is 17.3 Å². The Morgan fingerprint density at radius 1 is 1.11 bits per heavy atom. The molecule has 0 radical (unpaired) electrons. The molecule has 4 heterocycles. The molecule has 0 saturated carbocycles. The van der Waals surface area contributed by atoms with E-state index in [0.29, 0.717) is 40.7 Å². The van der Waals surface area contributed by atoms with E-state index in [1.807, 2.05) is 40.4 Å². The van der Waals surface area contributed by atoms with Gasteiger partial charge in [0.15, 0.2) is 11.5 Å². The van der Waals surface area contributed by atoms with Crippen LogP contribution in [0.25, 0.3) is 33.1 Å². The average molecular weight is 486 g/mol. The van der Waals surface area contributed by atoms with E-state index in [1.54, 1.807) is 24.8 Å². The lowest BCUT2D eigenvalue weighted by molar-refractivity contribution is 0.0950. The van der Waals surface area contributed by atoms with Gasteiger partial charge in [0.25, 0.3) is 5.91 Å². The van der Waals surface area contributed by atoms with Gasteiger partial charge in [-0.3, -0.25) is 4.79 Å². The van der Waals surface area contributed by atoms with E-state index in [-0.39, 0.29) is 5.91 Å². The zero-order valence-corrected chi connectivity index (χ0v) is 19.4. The van der Waals surface area contributed by atoms with Gasteiger partial charge in [0.1, 0.15) is 11.8 Å². The van der Waals surface area contributed by atoms with Gasteiger partial charge in [0.05, 0.1) is 42.3 Å². The molecular formula is C24H20ClN9O. The Morgan fingerprint density at radius 2 is 2.00 bits per heavy atom. The molecule has 0 atom stereocenters. The fraction of sp³-hybridized carbons (Fsp3) is 0.125. The highest BCUT2D eigenvalue weighted by Gasteiger charge is 2.14. The van der Waals surface area contributed by atoms with Crippen LogP contribution in [-0.2, 0) is 20.1 Å². The minimum absolute atomic E-state index is 0.170. The van der Waals surface area contributed by atoms with Gasteiger partial charge in [-0.25, -0.2) is 19.9 Å². The van der Waals surface area contributed by atoms with Crippen molar-refractivity contribution >= 4 is 56.4 Å². The quantitative estimate of drug-likeness (QED) is 0.343. The molecule has 2 aromatic carbocycles. The maximum absolute atomic E-state index is 12.8. The lowest BCUT2D eigenvalue weighted by Crippen LogP contribution is -2.22. The van der Waals surface area contributed by atoms with Crippen molar-refractivity contribution in [3.8, 4) is 0 Å². The van der Waals surface area contributed by atoms with Gasteiger partial charge in [0.2, 0.25) is 0 Å². The van der Waals surface area contributed by atoms with Crippen molar-refractivity contribution in [1.29, 1.82) is 0 Å². The highest BCUT2D eigenvalue weighted by atomic mass is 35.5. The van der Waals surface area contributed by atoms with Crippen LogP contribution in [0.5, 0.6) is 0 Å². The molecule has 0 aliphatic rings. The molecule has 11 heteroatoms. The van der Waals surface area contributed by atoms with Gasteiger partial charge in [0, 0.05) is 28.7 Å². The number of hydrogen-bond donors (Lipinski definition) is 3. The molecule has 0 unspecified atom stereocenters. The van der Waals surface area contributed by atoms with Crippen LogP contribution in [0.1, 0.15) is 21.6 Å². The third kappa shape index (κ3) is 3.73. The van der Waals surface area contributed by atoms with E-state index >= 15 is 0 Å². The number of aromatic nitrogens is 7. The largest absolute Gasteiger partial charge is 0.382 e. The molecule has 0 aliphatic carbocycles. The molecule has 0 spiro atoms. The Hall–Kier alpha value is -4.44. The van der Waals surface area contributed by atoms with E-state index < -0.39 is 0 Å². The van der Waals surface area contributed by atoms with Crippen LogP contribution in [0.15, 0.2) is 55.4 Å². The van der Waals surface area contributed by atoms with Gasteiger partial charge in [-0.15, -0.1) is 0 Å². The van der Waals surface area contributed by atoms with E-state index in [2.05, 4.69) is 30.2 Å². The van der Waals surface area contributed by atoms with Crippen molar-refractivity contribution in [2.45, 2.75) is 13.1 Å². The summed E-state index contributed by atoms with van der Waals surface area (Å²) in [5, 5.41) is 4.54. The number of nitrogens with two attached hydrogens (primary N) is 1. The number of H-pyrrole nitrogens is 1. The van der Waals surface area contributed by atoms with E-state index in [1.165, 1.54) is 6.33 Å². The first-order valence-electron chi connectivity index (χ1n) is 10.9. The van der Waals surface area contributed by atoms with Crippen LogP contribution >= 0.6 is 11.6 Å². The number of nitrogens with one attached hydrogen (secondary N) is 2. The van der Waals surface area contributed by atoms with Crippen LogP contribution in [0, 0.1) is 0 Å². The number of nitrogen functional groups attached to an aromatic ring is 1. The summed E-state index contributed by atoms with van der Waals surface area (Å²) in [6, 6.07) is 11.3. The lowest BCUT2D eigenvalue weighted by Gasteiger charge is -2.07. The molecule has 6 aromatic rings. The Balaban J connectivity index is 1.26. The number of halogens is 1. The van der Waals surface area contributed by atoms with Crippen molar-refractivity contribution in [2.24, 2.45) is 7.05 Å². The molecule has 0 aliphatic heterocycles. The van der Waals surface area contributed by atoms with Crippen molar-refractivity contribution < 1.29 is 4.79 Å². The maximum Gasteiger partial charge on any atom is 0.251 e. The molecule has 0 bridgehead atoms. The third-order valence-corrected chi connectivity index (χ3v) is 6.25. The van der Waals surface area contributed by atoms with Gasteiger partial charge in [-0.2, -0.15) is 0 Å². The van der Waals surface area contributed by atoms with Crippen molar-refractivity contribution in [2.75, 3.05) is 5.73 Å². The first-order chi connectivity index (χ1) is 17.0. The summed E-state index contributed by atoms with van der Waals surface area (Å²) < 4.78 is 3.81. The van der Waals surface area contributed by atoms with Crippen molar-refractivity contribution in [1.82, 2.24) is 39.4 Å². The van der Waals surface area contributed by atoms with Crippen LogP contribution in [0.2, 0.25) is 5.02 Å². The average Bonchev–Trinajstić information content (AvgIpc) is 3.55. The highest BCUT2D eigenvalue weighted by Crippen LogP contribution is 2.27. The summed E-state index contributed by atoms with van der Waals surface area (Å²) in [6.07, 6.45) is 4.84. The predicted octanol–water partition coefficient (Wildman–Crippen LogP) is 3.41. The molecule has 1 amide bonds. The standard InChI is InChI=1S/C24H20ClN9O/c1-33-11-30-18-7-13(2-3-19(18)33)24(35)27-8-17-6-14-4-16(25)5-15(20(14)32-17)9-34-12-31-21-22(26)28-10-29-23(21)34/h2-7,10-12,32H,8-9H2,1H3,(H,27,35)(H2,26,28,29). The van der Waals surface area contributed by atoms with Gasteiger partial charge in [-0.1, -0.05) is 11.6 Å². The molecule has 6 rings (SSSR count). The second-order valence-electron chi connectivity index (χ2n) is 8.37. The summed E-state index contributed by atoms with van der Waals surface area (Å²) in [6.45, 7) is 0.822. The number of aromatic amines is 1. The minimum atomic E-state index is -0.170. The number of carbonyl (C=O) groups excluding carboxylic acids is 1. The number of imidazole rings is 2. The second kappa shape index (κ2) is 8.10. The number of carbonyl (C=O) groups is 1. The first kappa shape index (κ1) is 21.1. The third-order valence-electron chi connectivity index (χ3n) is 6.03. The van der Waals surface area contributed by atoms with Crippen LogP contribution in [0.3, 0.4) is 0 Å². The number of rotatable bonds is 5. The number of fused-ring (bicyclic) bond motifs is 3. The van der Waals surface area contributed by atoms with E-state index in [9.17, 15) is 4.79 Å². The Kier molecular flexibility index (Phi) is 4.89. The number of anilines is 1. The molecule has 4 aromatic heterocycles. The first-order valence-corrected chi connectivity index (χ1v) is 11.2. The van der Waals surface area contributed by atoms with Crippen LogP contribution in [0.4, 0.5) is 5.82 Å². The van der Waals surface area contributed by atoms with E-state index in [0.717, 1.165) is 33.2 Å². The Bertz CT molecular complexity index is 1750. The summed E-state index contributed by atoms with van der Waals surface area (Å²) in [5.41, 5.74) is 12.2. The SMILES string of the molecule is Cn1cnc2cc(C(=O)NCc3cc4cc(Cl)cc(Cn5cnc6c(N)ncnc65)c4[nH]3)ccc21. The molecule has 4 N–H and O–H groups in total. The molecular weight excluding hydrogens is 466 g/mol. The monoisotopic (exact) mass is 485 g/mol. The fourth-order valence-electron chi connectivity index (χ4n) is 4.31. The van der Waals surface area contributed by atoms with Crippen LogP contribution < -0.4 is 11.1 Å². The zero-order chi connectivity index (χ0) is 24.1. The zero-order valence-electron chi connectivity index (χ0n) is 18.7. The van der Waals surface area contributed by atoms with Gasteiger partial charge >= 0.3 is 0 Å². The fourth-order valence-corrected chi connectivity index (χ4v) is 4.56. The highest BCUT2D eigenvalue weighted by molar-refractivity contribution is 6.31. The normalized spacial score (nSPS) is 11.6. The Labute approximate surface area is 203 Å². The number of amides is 1. The lowest BCUT2D eigenvalue weighted by atomic mass is 10.1. The number of benzene rings is 2. The number of nitrogens with zero attached hydrogens (tertiary/aromatic N) is 6. The summed E-state index contributed by atoms with van der Waals surface area (Å²) >= 11 is 6.41. The molecule has 10 nitrogen and oxygen atoms in total. The number of aryl methyl sites for hydroxylation is 1. The second-order valence-corrected chi connectivity index (χ2v) is 8.81. The summed E-state index contributed by atoms with van der Waals surface area (Å²) in [7, 11) is 1.92. The minimum Gasteiger partial charge on any atom is -0.382 e. The summed E-state index contributed by atoms with van der Waals surface area (Å²) in [4.78, 5) is 33.1. The summed E-state index contributed by atoms with van der Waals surface area (Å²) in [5.74, 6) is 0.168. The molecule has 174 valence electrons. The van der Waals surface area contributed by atoms with Crippen molar-refractivity contribution in [3.05, 3.63) is 77.2 Å². The molecule has 0 saturated heterocycles. The maximum atomic E-state index is 12.8. The smallest absolute Gasteiger partial charge is 0.251 e. The molecule has 0 fully saturated rings.